The number of allylic oxidation sites excluding steroid dienone is 1. The Morgan fingerprint density at radius 2 is 2.09 bits per heavy atom. The van der Waals surface area contributed by atoms with E-state index in [9.17, 15) is 4.79 Å². The minimum absolute atomic E-state index is 0.0495. The number of pyridine rings is 1. The zero-order chi connectivity index (χ0) is 16.2. The van der Waals surface area contributed by atoms with E-state index in [0.29, 0.717) is 6.42 Å². The maximum absolute atomic E-state index is 11.1. The summed E-state index contributed by atoms with van der Waals surface area (Å²) in [6.07, 6.45) is 5.65. The number of H-pyrrole nitrogens is 1. The summed E-state index contributed by atoms with van der Waals surface area (Å²) in [5.41, 5.74) is 8.95. The third-order valence-corrected chi connectivity index (χ3v) is 3.61. The van der Waals surface area contributed by atoms with E-state index in [1.807, 2.05) is 42.7 Å². The van der Waals surface area contributed by atoms with Crippen molar-refractivity contribution < 1.29 is 4.79 Å². The number of aromatic nitrogens is 2. The number of hydrogen-bond acceptors (Lipinski definition) is 2. The maximum Gasteiger partial charge on any atom is 0.247 e. The van der Waals surface area contributed by atoms with Crippen LogP contribution in [0.25, 0.3) is 27.0 Å². The fourth-order valence-corrected chi connectivity index (χ4v) is 2.42. The number of aromatic amines is 1. The molecule has 0 saturated carbocycles. The lowest BCUT2D eigenvalue weighted by Gasteiger charge is -2.02. The molecule has 3 aromatic rings. The van der Waals surface area contributed by atoms with Gasteiger partial charge in [-0.2, -0.15) is 0 Å². The van der Waals surface area contributed by atoms with E-state index in [1.54, 1.807) is 6.08 Å². The number of benzene rings is 1. The smallest absolute Gasteiger partial charge is 0.247 e. The molecule has 0 atom stereocenters. The highest BCUT2D eigenvalue weighted by atomic mass is 16.1. The molecule has 112 valence electrons. The van der Waals surface area contributed by atoms with Crippen LogP contribution in [0.2, 0.25) is 0 Å². The Balaban J connectivity index is 2.00. The number of carbonyl (C=O) groups excluding carboxylic acids is 1. The van der Waals surface area contributed by atoms with Gasteiger partial charge in [0.25, 0.3) is 0 Å². The molecule has 2 aromatic heterocycles. The Hall–Kier alpha value is -3.39. The van der Waals surface area contributed by atoms with Gasteiger partial charge in [-0.25, -0.2) is 9.83 Å². The number of nitrogens with one attached hydrogen (secondary N) is 1. The van der Waals surface area contributed by atoms with Crippen LogP contribution in [0.4, 0.5) is 0 Å². The molecular weight excluding hydrogens is 288 g/mol. The molecule has 5 heteroatoms. The number of amides is 1. The molecule has 0 radical (unpaired) electrons. The number of carbonyl (C=O) groups is 1. The standard InChI is InChI=1S/C18H14N4O/c1-20-16(17(19)23)8-7-13-10-21-18-15(13)9-14(11-22-18)12-5-3-2-4-6-12/h2-6,8-11H,7H2,(H2,19,23)(H,21,22)/b16-8-. The summed E-state index contributed by atoms with van der Waals surface area (Å²) in [5, 5.41) is 0.969. The predicted molar refractivity (Wildman–Crippen MR) is 89.1 cm³/mol. The van der Waals surface area contributed by atoms with Crippen molar-refractivity contribution in [1.82, 2.24) is 9.97 Å². The van der Waals surface area contributed by atoms with Crippen molar-refractivity contribution in [1.29, 1.82) is 0 Å². The fraction of sp³-hybridized carbons (Fsp3) is 0.0556. The normalized spacial score (nSPS) is 11.3. The van der Waals surface area contributed by atoms with Gasteiger partial charge in [0.1, 0.15) is 5.65 Å². The van der Waals surface area contributed by atoms with Crippen LogP contribution < -0.4 is 5.73 Å². The Morgan fingerprint density at radius 3 is 2.78 bits per heavy atom. The summed E-state index contributed by atoms with van der Waals surface area (Å²) >= 11 is 0. The van der Waals surface area contributed by atoms with Crippen molar-refractivity contribution >= 4 is 16.9 Å². The van der Waals surface area contributed by atoms with Gasteiger partial charge in [-0.15, -0.1) is 0 Å². The fourth-order valence-electron chi connectivity index (χ4n) is 2.42. The van der Waals surface area contributed by atoms with Crippen LogP contribution in [-0.2, 0) is 11.2 Å². The molecule has 3 rings (SSSR count). The Kier molecular flexibility index (Phi) is 3.89. The molecule has 0 aliphatic heterocycles. The lowest BCUT2D eigenvalue weighted by molar-refractivity contribution is -0.114. The molecule has 5 nitrogen and oxygen atoms in total. The molecule has 0 spiro atoms. The van der Waals surface area contributed by atoms with Gasteiger partial charge in [0.2, 0.25) is 11.6 Å². The number of nitrogens with zero attached hydrogens (tertiary/aromatic N) is 2. The molecule has 2 heterocycles. The van der Waals surface area contributed by atoms with Crippen molar-refractivity contribution in [3.05, 3.63) is 77.5 Å². The first-order valence-electron chi connectivity index (χ1n) is 7.08. The van der Waals surface area contributed by atoms with Crippen LogP contribution in [0.15, 0.2) is 60.6 Å². The van der Waals surface area contributed by atoms with Crippen LogP contribution in [0.1, 0.15) is 5.56 Å². The van der Waals surface area contributed by atoms with Gasteiger partial charge in [0.05, 0.1) is 6.57 Å². The highest BCUT2D eigenvalue weighted by Crippen LogP contribution is 2.25. The second kappa shape index (κ2) is 6.16. The quantitative estimate of drug-likeness (QED) is 0.574. The second-order valence-corrected chi connectivity index (χ2v) is 5.07. The van der Waals surface area contributed by atoms with Gasteiger partial charge in [-0.3, -0.25) is 4.79 Å². The molecule has 1 aromatic carbocycles. The number of fused-ring (bicyclic) bond motifs is 1. The largest absolute Gasteiger partial charge is 0.375 e. The van der Waals surface area contributed by atoms with Crippen molar-refractivity contribution in [3.63, 3.8) is 0 Å². The summed E-state index contributed by atoms with van der Waals surface area (Å²) in [5.74, 6) is -0.706. The van der Waals surface area contributed by atoms with E-state index >= 15 is 0 Å². The predicted octanol–water partition coefficient (Wildman–Crippen LogP) is 3.06. The average molecular weight is 302 g/mol. The van der Waals surface area contributed by atoms with E-state index < -0.39 is 5.91 Å². The van der Waals surface area contributed by atoms with Crippen molar-refractivity contribution in [2.75, 3.05) is 0 Å². The number of hydrogen-bond donors (Lipinski definition) is 2. The average Bonchev–Trinajstić information content (AvgIpc) is 2.98. The van der Waals surface area contributed by atoms with Crippen LogP contribution >= 0.6 is 0 Å². The summed E-state index contributed by atoms with van der Waals surface area (Å²) in [7, 11) is 0. The third-order valence-electron chi connectivity index (χ3n) is 3.61. The van der Waals surface area contributed by atoms with Crippen LogP contribution in [0, 0.1) is 6.57 Å². The molecule has 0 aliphatic rings. The van der Waals surface area contributed by atoms with Gasteiger partial charge < -0.3 is 10.7 Å². The SMILES string of the molecule is [C-]#[N+]/C(=C\Cc1c[nH]c2ncc(-c3ccccc3)cc12)C(N)=O. The minimum Gasteiger partial charge on any atom is -0.375 e. The molecule has 0 saturated heterocycles. The topological polar surface area (TPSA) is 76.1 Å². The molecule has 0 aliphatic carbocycles. The molecule has 0 bridgehead atoms. The second-order valence-electron chi connectivity index (χ2n) is 5.07. The van der Waals surface area contributed by atoms with Crippen LogP contribution in [0.3, 0.4) is 0 Å². The number of nitrogens with two attached hydrogens (primary N) is 1. The Labute approximate surface area is 133 Å². The highest BCUT2D eigenvalue weighted by molar-refractivity contribution is 5.94. The molecule has 0 unspecified atom stereocenters. The van der Waals surface area contributed by atoms with Gasteiger partial charge in [-0.05, 0) is 23.6 Å². The van der Waals surface area contributed by atoms with Crippen LogP contribution in [0.5, 0.6) is 0 Å². The van der Waals surface area contributed by atoms with Gasteiger partial charge in [-0.1, -0.05) is 36.4 Å². The Morgan fingerprint density at radius 1 is 1.30 bits per heavy atom. The van der Waals surface area contributed by atoms with Gasteiger partial charge in [0.15, 0.2) is 0 Å². The lowest BCUT2D eigenvalue weighted by Crippen LogP contribution is -2.11. The van der Waals surface area contributed by atoms with Crippen molar-refractivity contribution in [2.24, 2.45) is 5.73 Å². The molecular formula is C18H14N4O. The first-order valence-corrected chi connectivity index (χ1v) is 7.08. The molecule has 1 amide bonds. The highest BCUT2D eigenvalue weighted by Gasteiger charge is 2.08. The van der Waals surface area contributed by atoms with Gasteiger partial charge in [0, 0.05) is 23.3 Å². The molecule has 3 N–H and O–H groups in total. The molecule has 0 fully saturated rings. The van der Waals surface area contributed by atoms with E-state index in [-0.39, 0.29) is 5.70 Å². The first kappa shape index (κ1) is 14.5. The first-order chi connectivity index (χ1) is 11.2. The zero-order valence-electron chi connectivity index (χ0n) is 12.3. The van der Waals surface area contributed by atoms with E-state index in [0.717, 1.165) is 27.7 Å². The van der Waals surface area contributed by atoms with Crippen LogP contribution in [-0.4, -0.2) is 15.9 Å². The summed E-state index contributed by atoms with van der Waals surface area (Å²) in [4.78, 5) is 21.8. The van der Waals surface area contributed by atoms with E-state index in [1.165, 1.54) is 0 Å². The summed E-state index contributed by atoms with van der Waals surface area (Å²) < 4.78 is 0. The van der Waals surface area contributed by atoms with E-state index in [2.05, 4.69) is 20.9 Å². The zero-order valence-corrected chi connectivity index (χ0v) is 12.3. The number of primary amides is 1. The van der Waals surface area contributed by atoms with Crippen molar-refractivity contribution in [2.45, 2.75) is 6.42 Å². The summed E-state index contributed by atoms with van der Waals surface area (Å²) in [6.45, 7) is 6.96. The minimum atomic E-state index is -0.706. The third kappa shape index (κ3) is 2.97. The molecule has 23 heavy (non-hydrogen) atoms. The lowest BCUT2D eigenvalue weighted by atomic mass is 10.0. The Bertz CT molecular complexity index is 933. The van der Waals surface area contributed by atoms with E-state index in [4.69, 9.17) is 12.3 Å². The maximum atomic E-state index is 11.1. The number of rotatable bonds is 4. The van der Waals surface area contributed by atoms with Crippen molar-refractivity contribution in [3.8, 4) is 11.1 Å². The summed E-state index contributed by atoms with van der Waals surface area (Å²) in [6, 6.07) is 12.0. The van der Waals surface area contributed by atoms with Gasteiger partial charge >= 0.3 is 0 Å². The monoisotopic (exact) mass is 302 g/mol.